The number of amides is 1. The van der Waals surface area contributed by atoms with E-state index in [-0.39, 0.29) is 36.6 Å². The second kappa shape index (κ2) is 8.32. The lowest BCUT2D eigenvalue weighted by molar-refractivity contribution is -0.123. The Morgan fingerprint density at radius 1 is 1.18 bits per heavy atom. The first-order chi connectivity index (χ1) is 16.6. The van der Waals surface area contributed by atoms with E-state index in [1.807, 2.05) is 0 Å². The molecule has 3 aromatic rings. The average Bonchev–Trinajstić information content (AvgIpc) is 3.32. The molecule has 6 heterocycles. The summed E-state index contributed by atoms with van der Waals surface area (Å²) in [7, 11) is 0. The van der Waals surface area contributed by atoms with Gasteiger partial charge in [0.25, 0.3) is 5.56 Å². The summed E-state index contributed by atoms with van der Waals surface area (Å²) in [5.74, 6) is 0.422. The Hall–Kier alpha value is -3.59. The second-order valence-electron chi connectivity index (χ2n) is 9.26. The summed E-state index contributed by atoms with van der Waals surface area (Å²) in [5.41, 5.74) is 0.710. The zero-order valence-corrected chi connectivity index (χ0v) is 18.6. The smallest absolute Gasteiger partial charge is 0.265 e. The number of benzene rings is 1. The lowest BCUT2D eigenvalue weighted by Gasteiger charge is -2.45. The number of hydrogen-bond donors (Lipinski definition) is 2. The van der Waals surface area contributed by atoms with Gasteiger partial charge in [-0.05, 0) is 61.7 Å². The molecule has 0 saturated carbocycles. The predicted octanol–water partition coefficient (Wildman–Crippen LogP) is 1.86. The van der Waals surface area contributed by atoms with Gasteiger partial charge in [-0.2, -0.15) is 4.98 Å². The molecule has 2 atom stereocenters. The molecule has 2 aromatic heterocycles. The number of piperidine rings is 3. The molecule has 1 amide bonds. The molecule has 2 N–H and O–H groups in total. The molecule has 3 fully saturated rings. The summed E-state index contributed by atoms with van der Waals surface area (Å²) in [6, 6.07) is 10.6. The Balaban J connectivity index is 1.37. The minimum atomic E-state index is -0.701. The Morgan fingerprint density at radius 2 is 2.00 bits per heavy atom. The van der Waals surface area contributed by atoms with Crippen LogP contribution in [0.1, 0.15) is 36.3 Å². The van der Waals surface area contributed by atoms with Crippen molar-refractivity contribution >= 4 is 11.6 Å². The number of aromatic hydroxyl groups is 1. The monoisotopic (exact) mass is 462 g/mol. The summed E-state index contributed by atoms with van der Waals surface area (Å²) in [6.07, 6.45) is 3.80. The van der Waals surface area contributed by atoms with E-state index in [9.17, 15) is 14.7 Å². The van der Waals surface area contributed by atoms with Crippen LogP contribution in [-0.2, 0) is 4.79 Å². The van der Waals surface area contributed by atoms with Gasteiger partial charge < -0.3 is 24.8 Å². The molecular formula is C25H26N4O5. The van der Waals surface area contributed by atoms with Gasteiger partial charge in [0.15, 0.2) is 11.5 Å². The van der Waals surface area contributed by atoms with Crippen LogP contribution in [0.15, 0.2) is 47.4 Å². The molecule has 9 heteroatoms. The van der Waals surface area contributed by atoms with Gasteiger partial charge in [0.1, 0.15) is 5.65 Å². The highest BCUT2D eigenvalue weighted by molar-refractivity contribution is 5.78. The molecule has 0 aliphatic carbocycles. The van der Waals surface area contributed by atoms with Gasteiger partial charge in [0, 0.05) is 31.1 Å². The number of hydrogen-bond acceptors (Lipinski definition) is 7. The van der Waals surface area contributed by atoms with E-state index in [4.69, 9.17) is 9.47 Å². The second-order valence-corrected chi connectivity index (χ2v) is 9.26. The van der Waals surface area contributed by atoms with Crippen molar-refractivity contribution in [1.82, 2.24) is 19.6 Å². The van der Waals surface area contributed by atoms with Crippen LogP contribution in [0.3, 0.4) is 0 Å². The minimum Gasteiger partial charge on any atom is -0.493 e. The van der Waals surface area contributed by atoms with Crippen LogP contribution in [0.2, 0.25) is 0 Å². The SMILES string of the molecule is O=C(CC(c1ccc2c(c1)OCO2)c1c(O)nc2ccccn2c1=O)NC1CN2CCC1CC2. The number of nitrogens with one attached hydrogen (secondary N) is 1. The van der Waals surface area contributed by atoms with E-state index in [0.29, 0.717) is 28.6 Å². The number of fused-ring (bicyclic) bond motifs is 5. The third kappa shape index (κ3) is 3.66. The molecule has 0 spiro atoms. The standard InChI is InChI=1S/C25H26N4O5/c30-22(26-18-13-28-9-6-15(18)7-10-28)12-17(16-4-5-19-20(11-16)34-14-33-19)23-24(31)27-21-3-1-2-8-29(21)25(23)32/h1-5,8,11,15,17-18,31H,6-7,9-10,12-14H2,(H,26,30). The molecule has 1 aromatic carbocycles. The van der Waals surface area contributed by atoms with Crippen molar-refractivity contribution in [3.63, 3.8) is 0 Å². The molecular weight excluding hydrogens is 436 g/mol. The quantitative estimate of drug-likeness (QED) is 0.596. The predicted molar refractivity (Wildman–Crippen MR) is 123 cm³/mol. The van der Waals surface area contributed by atoms with Gasteiger partial charge in [-0.3, -0.25) is 14.0 Å². The third-order valence-electron chi connectivity index (χ3n) is 7.29. The molecule has 34 heavy (non-hydrogen) atoms. The molecule has 7 rings (SSSR count). The third-order valence-corrected chi connectivity index (χ3v) is 7.29. The first-order valence-electron chi connectivity index (χ1n) is 11.7. The number of ether oxygens (including phenoxy) is 2. The summed E-state index contributed by atoms with van der Waals surface area (Å²) in [4.78, 5) is 33.3. The minimum absolute atomic E-state index is 0.00619. The number of carbonyl (C=O) groups excluding carboxylic acids is 1. The first kappa shape index (κ1) is 21.0. The fourth-order valence-corrected chi connectivity index (χ4v) is 5.49. The number of aromatic nitrogens is 2. The molecule has 176 valence electrons. The van der Waals surface area contributed by atoms with Crippen LogP contribution in [0.25, 0.3) is 5.65 Å². The molecule has 4 aliphatic rings. The van der Waals surface area contributed by atoms with Crippen molar-refractivity contribution in [2.75, 3.05) is 26.4 Å². The Bertz CT molecular complexity index is 1310. The van der Waals surface area contributed by atoms with Gasteiger partial charge >= 0.3 is 0 Å². The normalized spacial score (nSPS) is 23.7. The summed E-state index contributed by atoms with van der Waals surface area (Å²) >= 11 is 0. The van der Waals surface area contributed by atoms with Crippen LogP contribution in [-0.4, -0.2) is 57.8 Å². The van der Waals surface area contributed by atoms with E-state index in [1.165, 1.54) is 4.40 Å². The molecule has 3 saturated heterocycles. The van der Waals surface area contributed by atoms with E-state index in [1.54, 1.807) is 42.6 Å². The van der Waals surface area contributed by atoms with Crippen molar-refractivity contribution in [2.24, 2.45) is 5.92 Å². The van der Waals surface area contributed by atoms with Crippen LogP contribution in [0, 0.1) is 5.92 Å². The zero-order chi connectivity index (χ0) is 23.2. The zero-order valence-electron chi connectivity index (χ0n) is 18.6. The van der Waals surface area contributed by atoms with Crippen LogP contribution in [0.4, 0.5) is 0 Å². The van der Waals surface area contributed by atoms with Crippen LogP contribution >= 0.6 is 0 Å². The highest BCUT2D eigenvalue weighted by Crippen LogP contribution is 2.38. The highest BCUT2D eigenvalue weighted by Gasteiger charge is 2.36. The largest absolute Gasteiger partial charge is 0.493 e. The summed E-state index contributed by atoms with van der Waals surface area (Å²) in [5, 5.41) is 14.0. The van der Waals surface area contributed by atoms with Gasteiger partial charge in [-0.15, -0.1) is 0 Å². The fourth-order valence-electron chi connectivity index (χ4n) is 5.49. The molecule has 4 aliphatic heterocycles. The first-order valence-corrected chi connectivity index (χ1v) is 11.7. The van der Waals surface area contributed by atoms with Gasteiger partial charge in [0.05, 0.1) is 5.56 Å². The number of nitrogens with zero attached hydrogens (tertiary/aromatic N) is 3. The maximum Gasteiger partial charge on any atom is 0.265 e. The van der Waals surface area contributed by atoms with Crippen LogP contribution in [0.5, 0.6) is 17.4 Å². The van der Waals surface area contributed by atoms with E-state index in [0.717, 1.165) is 32.5 Å². The van der Waals surface area contributed by atoms with E-state index >= 15 is 0 Å². The van der Waals surface area contributed by atoms with Gasteiger partial charge in [0.2, 0.25) is 18.6 Å². The molecule has 2 bridgehead atoms. The Morgan fingerprint density at radius 3 is 2.79 bits per heavy atom. The van der Waals surface area contributed by atoms with Crippen molar-refractivity contribution in [3.8, 4) is 17.4 Å². The van der Waals surface area contributed by atoms with Crippen molar-refractivity contribution in [1.29, 1.82) is 0 Å². The van der Waals surface area contributed by atoms with Crippen molar-refractivity contribution < 1.29 is 19.4 Å². The van der Waals surface area contributed by atoms with Crippen molar-refractivity contribution in [2.45, 2.75) is 31.2 Å². The summed E-state index contributed by atoms with van der Waals surface area (Å²) < 4.78 is 12.3. The number of carbonyl (C=O) groups is 1. The van der Waals surface area contributed by atoms with Gasteiger partial charge in [-0.25, -0.2) is 0 Å². The highest BCUT2D eigenvalue weighted by atomic mass is 16.7. The average molecular weight is 463 g/mol. The number of pyridine rings is 1. The van der Waals surface area contributed by atoms with Crippen LogP contribution < -0.4 is 20.3 Å². The molecule has 0 radical (unpaired) electrons. The molecule has 2 unspecified atom stereocenters. The topological polar surface area (TPSA) is 105 Å². The Kier molecular flexibility index (Phi) is 5.13. The lowest BCUT2D eigenvalue weighted by Crippen LogP contribution is -2.57. The fraction of sp³-hybridized carbons (Fsp3) is 0.400. The van der Waals surface area contributed by atoms with Crippen molar-refractivity contribution in [3.05, 3.63) is 64.1 Å². The maximum atomic E-state index is 13.4. The van der Waals surface area contributed by atoms with E-state index < -0.39 is 11.5 Å². The lowest BCUT2D eigenvalue weighted by atomic mass is 9.83. The molecule has 9 nitrogen and oxygen atoms in total. The maximum absolute atomic E-state index is 13.4. The van der Waals surface area contributed by atoms with Gasteiger partial charge in [-0.1, -0.05) is 12.1 Å². The number of rotatable bonds is 5. The summed E-state index contributed by atoms with van der Waals surface area (Å²) in [6.45, 7) is 3.15. The van der Waals surface area contributed by atoms with E-state index in [2.05, 4.69) is 15.2 Å². The Labute approximate surface area is 195 Å².